The predicted octanol–water partition coefficient (Wildman–Crippen LogP) is 2.72. The number of benzene rings is 1. The van der Waals surface area contributed by atoms with Crippen molar-refractivity contribution in [2.24, 2.45) is 4.99 Å². The maximum Gasteiger partial charge on any atom is 0.236 e. The van der Waals surface area contributed by atoms with E-state index < -0.39 is 0 Å². The number of piperazine rings is 1. The quantitative estimate of drug-likeness (QED) is 0.281. The molecule has 0 aromatic heterocycles. The Labute approximate surface area is 217 Å². The first-order valence-corrected chi connectivity index (χ1v) is 12.3. The molecule has 2 fully saturated rings. The number of carbonyl (C=O) groups excluding carboxylic acids is 1. The van der Waals surface area contributed by atoms with Gasteiger partial charge >= 0.3 is 0 Å². The molecule has 0 spiro atoms. The highest BCUT2D eigenvalue weighted by molar-refractivity contribution is 14.0. The van der Waals surface area contributed by atoms with E-state index in [1.165, 1.54) is 5.56 Å². The van der Waals surface area contributed by atoms with E-state index in [1.807, 2.05) is 4.90 Å². The van der Waals surface area contributed by atoms with Gasteiger partial charge in [0.15, 0.2) is 5.96 Å². The number of amides is 1. The number of halogens is 1. The minimum Gasteiger partial charge on any atom is -0.357 e. The summed E-state index contributed by atoms with van der Waals surface area (Å²) in [6.45, 7) is 13.2. The third-order valence-electron chi connectivity index (χ3n) is 6.66. The number of nitrogens with zero attached hydrogens (tertiary/aromatic N) is 5. The molecule has 1 aromatic carbocycles. The van der Waals surface area contributed by atoms with Gasteiger partial charge in [-0.2, -0.15) is 0 Å². The van der Waals surface area contributed by atoms with Gasteiger partial charge in [-0.15, -0.1) is 24.0 Å². The number of carbonyl (C=O) groups is 1. The van der Waals surface area contributed by atoms with Crippen molar-refractivity contribution >= 4 is 35.8 Å². The number of likely N-dealkylation sites (tertiary alicyclic amines) is 1. The van der Waals surface area contributed by atoms with E-state index in [4.69, 9.17) is 4.99 Å². The second kappa shape index (κ2) is 14.8. The second-order valence-electron chi connectivity index (χ2n) is 9.13. The molecule has 2 aliphatic rings. The summed E-state index contributed by atoms with van der Waals surface area (Å²) in [5.74, 6) is 1.31. The first kappa shape index (κ1) is 27.9. The summed E-state index contributed by atoms with van der Waals surface area (Å²) < 4.78 is 0. The maximum absolute atomic E-state index is 12.4. The third kappa shape index (κ3) is 9.05. The molecule has 33 heavy (non-hydrogen) atoms. The molecule has 0 bridgehead atoms. The van der Waals surface area contributed by atoms with Crippen LogP contribution in [0.1, 0.15) is 38.7 Å². The van der Waals surface area contributed by atoms with Crippen molar-refractivity contribution in [3.8, 4) is 0 Å². The molecule has 1 unspecified atom stereocenters. The van der Waals surface area contributed by atoms with Gasteiger partial charge in [-0.3, -0.25) is 19.6 Å². The second-order valence-corrected chi connectivity index (χ2v) is 9.13. The summed E-state index contributed by atoms with van der Waals surface area (Å²) in [6.07, 6.45) is 3.34. The van der Waals surface area contributed by atoms with Crippen LogP contribution in [0.25, 0.3) is 0 Å². The van der Waals surface area contributed by atoms with Gasteiger partial charge in [0.05, 0.1) is 6.54 Å². The van der Waals surface area contributed by atoms with Crippen LogP contribution in [-0.4, -0.2) is 103 Å². The summed E-state index contributed by atoms with van der Waals surface area (Å²) in [5, 5.41) is 3.46. The smallest absolute Gasteiger partial charge is 0.236 e. The summed E-state index contributed by atoms with van der Waals surface area (Å²) in [4.78, 5) is 26.4. The Kier molecular flexibility index (Phi) is 12.5. The van der Waals surface area contributed by atoms with Crippen molar-refractivity contribution in [3.05, 3.63) is 35.9 Å². The maximum atomic E-state index is 12.4. The molecule has 186 valence electrons. The average Bonchev–Trinajstić information content (AvgIpc) is 3.35. The lowest BCUT2D eigenvalue weighted by Crippen LogP contribution is -2.54. The van der Waals surface area contributed by atoms with Crippen LogP contribution in [0, 0.1) is 0 Å². The van der Waals surface area contributed by atoms with Crippen molar-refractivity contribution in [2.45, 2.75) is 45.7 Å². The van der Waals surface area contributed by atoms with E-state index in [1.54, 1.807) is 0 Å². The minimum absolute atomic E-state index is 0. The van der Waals surface area contributed by atoms with E-state index in [0.717, 1.165) is 84.1 Å². The standard InChI is InChI=1S/C25H42N6O.HI/c1-4-26-25(27-13-12-22(2)28(3)20-23-10-6-5-7-11-23)31-18-16-29(17-19-31)21-24(32)30-14-8-9-15-30;/h5-7,10-11,22H,4,8-9,12-21H2,1-3H3,(H,26,27);1H. The largest absolute Gasteiger partial charge is 0.357 e. The number of guanidine groups is 1. The lowest BCUT2D eigenvalue weighted by Gasteiger charge is -2.36. The van der Waals surface area contributed by atoms with Gasteiger partial charge in [0.2, 0.25) is 5.91 Å². The number of aliphatic imine (C=N–C) groups is 1. The Morgan fingerprint density at radius 3 is 2.36 bits per heavy atom. The number of rotatable bonds is 9. The molecule has 8 heteroatoms. The molecule has 3 rings (SSSR count). The molecule has 1 amide bonds. The monoisotopic (exact) mass is 570 g/mol. The molecule has 7 nitrogen and oxygen atoms in total. The zero-order valence-electron chi connectivity index (χ0n) is 20.7. The van der Waals surface area contributed by atoms with Crippen LogP contribution in [0.5, 0.6) is 0 Å². The molecule has 1 aromatic rings. The van der Waals surface area contributed by atoms with Crippen LogP contribution in [0.15, 0.2) is 35.3 Å². The normalized spacial score (nSPS) is 18.4. The molecule has 1 N–H and O–H groups in total. The van der Waals surface area contributed by atoms with Gasteiger partial charge in [0, 0.05) is 64.9 Å². The van der Waals surface area contributed by atoms with Crippen LogP contribution in [0.3, 0.4) is 0 Å². The highest BCUT2D eigenvalue weighted by Gasteiger charge is 2.24. The molecule has 1 atom stereocenters. The van der Waals surface area contributed by atoms with Gasteiger partial charge < -0.3 is 15.1 Å². The molecule has 2 heterocycles. The summed E-state index contributed by atoms with van der Waals surface area (Å²) >= 11 is 0. The topological polar surface area (TPSA) is 54.4 Å². The fraction of sp³-hybridized carbons (Fsp3) is 0.680. The van der Waals surface area contributed by atoms with Crippen molar-refractivity contribution in [3.63, 3.8) is 0 Å². The third-order valence-corrected chi connectivity index (χ3v) is 6.66. The first-order valence-electron chi connectivity index (χ1n) is 12.3. The number of hydrogen-bond donors (Lipinski definition) is 1. The summed E-state index contributed by atoms with van der Waals surface area (Å²) in [7, 11) is 2.19. The molecule has 2 aliphatic heterocycles. The van der Waals surface area contributed by atoms with E-state index in [-0.39, 0.29) is 24.0 Å². The number of nitrogens with one attached hydrogen (secondary N) is 1. The van der Waals surface area contributed by atoms with E-state index in [9.17, 15) is 4.79 Å². The van der Waals surface area contributed by atoms with Crippen LogP contribution in [0.4, 0.5) is 0 Å². The highest BCUT2D eigenvalue weighted by Crippen LogP contribution is 2.11. The van der Waals surface area contributed by atoms with Gasteiger partial charge in [0.25, 0.3) is 0 Å². The zero-order chi connectivity index (χ0) is 22.8. The predicted molar refractivity (Wildman–Crippen MR) is 147 cm³/mol. The molecule has 0 aliphatic carbocycles. The Bertz CT molecular complexity index is 717. The van der Waals surface area contributed by atoms with Gasteiger partial charge in [-0.1, -0.05) is 30.3 Å². The zero-order valence-corrected chi connectivity index (χ0v) is 23.0. The Morgan fingerprint density at radius 1 is 1.06 bits per heavy atom. The van der Waals surface area contributed by atoms with Crippen molar-refractivity contribution in [1.29, 1.82) is 0 Å². The first-order chi connectivity index (χ1) is 15.6. The molecular weight excluding hydrogens is 527 g/mol. The highest BCUT2D eigenvalue weighted by atomic mass is 127. The molecule has 2 saturated heterocycles. The minimum atomic E-state index is 0. The average molecular weight is 571 g/mol. The lowest BCUT2D eigenvalue weighted by atomic mass is 10.1. The Balaban J connectivity index is 0.00000385. The summed E-state index contributed by atoms with van der Waals surface area (Å²) in [6, 6.07) is 11.1. The number of hydrogen-bond acceptors (Lipinski definition) is 4. The van der Waals surface area contributed by atoms with Crippen molar-refractivity contribution in [2.75, 3.05) is 66.0 Å². The van der Waals surface area contributed by atoms with Crippen LogP contribution >= 0.6 is 24.0 Å². The van der Waals surface area contributed by atoms with Crippen LogP contribution < -0.4 is 5.32 Å². The Morgan fingerprint density at radius 2 is 1.73 bits per heavy atom. The molecule has 0 saturated carbocycles. The van der Waals surface area contributed by atoms with Crippen molar-refractivity contribution in [1.82, 2.24) is 24.9 Å². The van der Waals surface area contributed by atoms with Gasteiger partial charge in [0.1, 0.15) is 0 Å². The fourth-order valence-electron chi connectivity index (χ4n) is 4.41. The van der Waals surface area contributed by atoms with E-state index in [2.05, 4.69) is 71.2 Å². The summed E-state index contributed by atoms with van der Waals surface area (Å²) in [5.41, 5.74) is 1.35. The molecule has 0 radical (unpaired) electrons. The van der Waals surface area contributed by atoms with E-state index in [0.29, 0.717) is 18.5 Å². The van der Waals surface area contributed by atoms with Gasteiger partial charge in [-0.05, 0) is 45.7 Å². The van der Waals surface area contributed by atoms with E-state index >= 15 is 0 Å². The lowest BCUT2D eigenvalue weighted by molar-refractivity contribution is -0.131. The fourth-order valence-corrected chi connectivity index (χ4v) is 4.41. The van der Waals surface area contributed by atoms with Crippen molar-refractivity contribution < 1.29 is 4.79 Å². The molecular formula is C25H43IN6O. The van der Waals surface area contributed by atoms with Gasteiger partial charge in [-0.25, -0.2) is 0 Å². The van der Waals surface area contributed by atoms with Crippen LogP contribution in [-0.2, 0) is 11.3 Å². The Hall–Kier alpha value is -1.39. The van der Waals surface area contributed by atoms with Crippen LogP contribution in [0.2, 0.25) is 0 Å². The SMILES string of the molecule is CCNC(=NCCC(C)N(C)Cc1ccccc1)N1CCN(CC(=O)N2CCCC2)CC1.I.